The van der Waals surface area contributed by atoms with Gasteiger partial charge in [-0.2, -0.15) is 5.10 Å². The molecule has 8 heteroatoms. The Bertz CT molecular complexity index is 1320. The molecule has 0 bridgehead atoms. The van der Waals surface area contributed by atoms with Crippen molar-refractivity contribution in [3.05, 3.63) is 88.8 Å². The van der Waals surface area contributed by atoms with Gasteiger partial charge in [0.25, 0.3) is 5.91 Å². The predicted octanol–water partition coefficient (Wildman–Crippen LogP) is 6.03. The molecule has 178 valence electrons. The first-order valence-corrected chi connectivity index (χ1v) is 12.0. The number of nitrogens with zero attached hydrogens (tertiary/aromatic N) is 2. The van der Waals surface area contributed by atoms with E-state index in [2.05, 4.69) is 39.9 Å². The summed E-state index contributed by atoms with van der Waals surface area (Å²) in [5.41, 5.74) is 7.82. The number of aromatic nitrogens is 1. The molecule has 0 aliphatic heterocycles. The Hall–Kier alpha value is -4.17. The van der Waals surface area contributed by atoms with Crippen molar-refractivity contribution >= 4 is 34.3 Å². The second-order valence-electron chi connectivity index (χ2n) is 7.65. The maximum atomic E-state index is 12.5. The van der Waals surface area contributed by atoms with Crippen LogP contribution in [0.1, 0.15) is 28.4 Å². The fourth-order valence-corrected chi connectivity index (χ4v) is 4.03. The minimum atomic E-state index is -0.300. The highest BCUT2D eigenvalue weighted by atomic mass is 32.1. The van der Waals surface area contributed by atoms with Crippen molar-refractivity contribution < 1.29 is 14.3 Å². The lowest BCUT2D eigenvalue weighted by Gasteiger charge is -2.09. The molecule has 2 N–H and O–H groups in total. The number of hydrogen-bond acceptors (Lipinski definition) is 7. The van der Waals surface area contributed by atoms with E-state index in [0.717, 1.165) is 27.6 Å². The third kappa shape index (κ3) is 6.24. The molecule has 0 fully saturated rings. The van der Waals surface area contributed by atoms with Gasteiger partial charge >= 0.3 is 0 Å². The molecule has 0 aliphatic carbocycles. The molecule has 0 radical (unpaired) electrons. The fourth-order valence-electron chi connectivity index (χ4n) is 3.29. The Morgan fingerprint density at radius 1 is 1.06 bits per heavy atom. The van der Waals surface area contributed by atoms with Gasteiger partial charge in [-0.3, -0.25) is 4.79 Å². The number of nitrogens with one attached hydrogen (secondary N) is 2. The number of thiazole rings is 1. The highest BCUT2D eigenvalue weighted by molar-refractivity contribution is 7.14. The van der Waals surface area contributed by atoms with E-state index in [4.69, 9.17) is 9.47 Å². The quantitative estimate of drug-likeness (QED) is 0.223. The Labute approximate surface area is 208 Å². The van der Waals surface area contributed by atoms with Gasteiger partial charge in [0.15, 0.2) is 16.6 Å². The number of rotatable bonds is 9. The third-order valence-electron chi connectivity index (χ3n) is 5.12. The van der Waals surface area contributed by atoms with E-state index in [0.29, 0.717) is 23.7 Å². The summed E-state index contributed by atoms with van der Waals surface area (Å²) in [5, 5.41) is 10.2. The number of carbonyl (C=O) groups excluding carboxylic acids is 1. The molecule has 4 rings (SSSR count). The van der Waals surface area contributed by atoms with Crippen LogP contribution in [0.15, 0.2) is 77.2 Å². The number of carbonyl (C=O) groups is 1. The number of aryl methyl sites for hydroxylation is 1. The molecule has 0 unspecified atom stereocenters. The van der Waals surface area contributed by atoms with Gasteiger partial charge in [0.05, 0.1) is 25.6 Å². The SMILES string of the molecule is CCOc1cc(/C=N/NC(=O)c2ccc(-c3csc(Nc4ccc(C)cc4)n3)cc2)ccc1OC. The number of anilines is 2. The summed E-state index contributed by atoms with van der Waals surface area (Å²) in [6, 6.07) is 20.9. The van der Waals surface area contributed by atoms with Crippen molar-refractivity contribution in [3.63, 3.8) is 0 Å². The van der Waals surface area contributed by atoms with Crippen LogP contribution in [-0.4, -0.2) is 30.8 Å². The van der Waals surface area contributed by atoms with Gasteiger partial charge in [0.1, 0.15) is 0 Å². The average molecular weight is 487 g/mol. The molecule has 1 amide bonds. The van der Waals surface area contributed by atoms with Gasteiger partial charge < -0.3 is 14.8 Å². The van der Waals surface area contributed by atoms with E-state index in [9.17, 15) is 4.79 Å². The molecule has 4 aromatic rings. The summed E-state index contributed by atoms with van der Waals surface area (Å²) < 4.78 is 10.8. The highest BCUT2D eigenvalue weighted by Gasteiger charge is 2.09. The molecular formula is C27H26N4O3S. The summed E-state index contributed by atoms with van der Waals surface area (Å²) in [5.74, 6) is 0.970. The van der Waals surface area contributed by atoms with E-state index in [-0.39, 0.29) is 5.91 Å². The fraction of sp³-hybridized carbons (Fsp3) is 0.148. The topological polar surface area (TPSA) is 84.8 Å². The highest BCUT2D eigenvalue weighted by Crippen LogP contribution is 2.28. The van der Waals surface area contributed by atoms with Gasteiger partial charge in [-0.1, -0.05) is 29.8 Å². The van der Waals surface area contributed by atoms with Crippen molar-refractivity contribution in [1.29, 1.82) is 0 Å². The summed E-state index contributed by atoms with van der Waals surface area (Å²) >= 11 is 1.53. The molecular weight excluding hydrogens is 460 g/mol. The van der Waals surface area contributed by atoms with Gasteiger partial charge in [0.2, 0.25) is 0 Å². The van der Waals surface area contributed by atoms with Crippen LogP contribution in [0.2, 0.25) is 0 Å². The van der Waals surface area contributed by atoms with E-state index in [1.807, 2.05) is 48.7 Å². The van der Waals surface area contributed by atoms with Crippen LogP contribution in [0.4, 0.5) is 10.8 Å². The average Bonchev–Trinajstić information content (AvgIpc) is 3.34. The van der Waals surface area contributed by atoms with E-state index < -0.39 is 0 Å². The molecule has 0 saturated heterocycles. The smallest absolute Gasteiger partial charge is 0.271 e. The lowest BCUT2D eigenvalue weighted by molar-refractivity contribution is 0.0955. The van der Waals surface area contributed by atoms with Crippen LogP contribution in [-0.2, 0) is 0 Å². The lowest BCUT2D eigenvalue weighted by atomic mass is 10.1. The Kier molecular flexibility index (Phi) is 7.74. The zero-order valence-electron chi connectivity index (χ0n) is 19.7. The first-order valence-electron chi connectivity index (χ1n) is 11.1. The lowest BCUT2D eigenvalue weighted by Crippen LogP contribution is -2.17. The molecule has 1 heterocycles. The molecule has 3 aromatic carbocycles. The molecule has 0 saturated carbocycles. The standard InChI is InChI=1S/C27H26N4O3S/c1-4-34-25-15-19(7-14-24(25)33-3)16-28-31-26(32)21-10-8-20(9-11-21)23-17-35-27(30-23)29-22-12-5-18(2)6-13-22/h5-17H,4H2,1-3H3,(H,29,30)(H,31,32)/b28-16+. The van der Waals surface area contributed by atoms with Crippen molar-refractivity contribution in [2.24, 2.45) is 5.10 Å². The number of methoxy groups -OCH3 is 1. The minimum absolute atomic E-state index is 0.300. The predicted molar refractivity (Wildman–Crippen MR) is 141 cm³/mol. The minimum Gasteiger partial charge on any atom is -0.493 e. The first kappa shape index (κ1) is 24.0. The zero-order chi connectivity index (χ0) is 24.6. The molecule has 1 aromatic heterocycles. The van der Waals surface area contributed by atoms with Crippen molar-refractivity contribution in [3.8, 4) is 22.8 Å². The molecule has 0 aliphatic rings. The van der Waals surface area contributed by atoms with Crippen molar-refractivity contribution in [2.75, 3.05) is 19.0 Å². The van der Waals surface area contributed by atoms with Crippen molar-refractivity contribution in [2.45, 2.75) is 13.8 Å². The Morgan fingerprint density at radius 2 is 1.83 bits per heavy atom. The van der Waals surface area contributed by atoms with Gasteiger partial charge in [-0.05, 0) is 61.9 Å². The zero-order valence-corrected chi connectivity index (χ0v) is 20.6. The molecule has 0 atom stereocenters. The van der Waals surface area contributed by atoms with Crippen LogP contribution >= 0.6 is 11.3 Å². The number of ether oxygens (including phenoxy) is 2. The van der Waals surface area contributed by atoms with Crippen LogP contribution in [0.5, 0.6) is 11.5 Å². The third-order valence-corrected chi connectivity index (χ3v) is 5.87. The molecule has 7 nitrogen and oxygen atoms in total. The maximum Gasteiger partial charge on any atom is 0.271 e. The van der Waals surface area contributed by atoms with E-state index in [1.165, 1.54) is 16.9 Å². The maximum absolute atomic E-state index is 12.5. The van der Waals surface area contributed by atoms with Gasteiger partial charge in [0, 0.05) is 22.2 Å². The number of benzene rings is 3. The second kappa shape index (κ2) is 11.3. The summed E-state index contributed by atoms with van der Waals surface area (Å²) in [6.07, 6.45) is 1.56. The second-order valence-corrected chi connectivity index (χ2v) is 8.51. The Balaban J connectivity index is 1.36. The van der Waals surface area contributed by atoms with E-state index >= 15 is 0 Å². The first-order chi connectivity index (χ1) is 17.1. The van der Waals surface area contributed by atoms with Crippen molar-refractivity contribution in [1.82, 2.24) is 10.4 Å². The van der Waals surface area contributed by atoms with Crippen LogP contribution in [0.25, 0.3) is 11.3 Å². The monoisotopic (exact) mass is 486 g/mol. The number of hydrogen-bond donors (Lipinski definition) is 2. The number of hydrazone groups is 1. The van der Waals surface area contributed by atoms with E-state index in [1.54, 1.807) is 31.5 Å². The largest absolute Gasteiger partial charge is 0.493 e. The summed E-state index contributed by atoms with van der Waals surface area (Å²) in [6.45, 7) is 4.48. The van der Waals surface area contributed by atoms with Gasteiger partial charge in [-0.15, -0.1) is 11.3 Å². The number of amides is 1. The van der Waals surface area contributed by atoms with Crippen LogP contribution < -0.4 is 20.2 Å². The van der Waals surface area contributed by atoms with Crippen LogP contribution in [0, 0.1) is 6.92 Å². The van der Waals surface area contributed by atoms with Crippen LogP contribution in [0.3, 0.4) is 0 Å². The van der Waals surface area contributed by atoms with Gasteiger partial charge in [-0.25, -0.2) is 10.4 Å². The molecule has 0 spiro atoms. The summed E-state index contributed by atoms with van der Waals surface area (Å²) in [4.78, 5) is 17.1. The summed E-state index contributed by atoms with van der Waals surface area (Å²) in [7, 11) is 1.59. The Morgan fingerprint density at radius 3 is 2.54 bits per heavy atom. The normalized spacial score (nSPS) is 10.8. The molecule has 35 heavy (non-hydrogen) atoms.